The zero-order chi connectivity index (χ0) is 11.6. The van der Waals surface area contributed by atoms with Gasteiger partial charge in [0.25, 0.3) is 5.91 Å². The van der Waals surface area contributed by atoms with Gasteiger partial charge in [-0.3, -0.25) is 4.79 Å². The number of hydrogen-bond donors (Lipinski definition) is 0. The van der Waals surface area contributed by atoms with Crippen LogP contribution in [-0.2, 0) is 9.53 Å². The monoisotopic (exact) mass is 211 g/mol. The molecule has 0 aromatic carbocycles. The Labute approximate surface area is 89.9 Å². The summed E-state index contributed by atoms with van der Waals surface area (Å²) < 4.78 is 5.15. The normalized spacial score (nSPS) is 20.9. The number of imide groups is 1. The van der Waals surface area contributed by atoms with E-state index in [1.165, 1.54) is 6.08 Å². The Hall–Kier alpha value is -1.32. The average molecular weight is 211 g/mol. The largest absolute Gasteiger partial charge is 0.443 e. The first-order chi connectivity index (χ1) is 6.85. The van der Waals surface area contributed by atoms with E-state index in [1.54, 1.807) is 26.8 Å². The third-order valence-corrected chi connectivity index (χ3v) is 2.04. The summed E-state index contributed by atoms with van der Waals surface area (Å²) in [5.74, 6) is -0.295. The molecule has 2 amide bonds. The second-order valence-corrected chi connectivity index (χ2v) is 4.52. The fourth-order valence-corrected chi connectivity index (χ4v) is 1.38. The number of rotatable bonds is 1. The van der Waals surface area contributed by atoms with Crippen molar-refractivity contribution in [2.24, 2.45) is 0 Å². The molecule has 1 atom stereocenters. The maximum absolute atomic E-state index is 11.7. The van der Waals surface area contributed by atoms with Crippen molar-refractivity contribution >= 4 is 12.0 Å². The first-order valence-electron chi connectivity index (χ1n) is 5.09. The Morgan fingerprint density at radius 1 is 1.53 bits per heavy atom. The average Bonchev–Trinajstić information content (AvgIpc) is 2.43. The first kappa shape index (κ1) is 11.8. The van der Waals surface area contributed by atoms with Crippen LogP contribution in [0.2, 0.25) is 0 Å². The lowest BCUT2D eigenvalue weighted by atomic mass is 10.2. The summed E-state index contributed by atoms with van der Waals surface area (Å²) >= 11 is 0. The van der Waals surface area contributed by atoms with Gasteiger partial charge < -0.3 is 4.74 Å². The molecule has 0 saturated carbocycles. The van der Waals surface area contributed by atoms with E-state index >= 15 is 0 Å². The topological polar surface area (TPSA) is 46.6 Å². The van der Waals surface area contributed by atoms with Gasteiger partial charge in [0.1, 0.15) is 5.60 Å². The van der Waals surface area contributed by atoms with Crippen LogP contribution in [0.4, 0.5) is 4.79 Å². The molecule has 0 N–H and O–H groups in total. The molecule has 15 heavy (non-hydrogen) atoms. The van der Waals surface area contributed by atoms with Crippen molar-refractivity contribution in [2.45, 2.75) is 45.8 Å². The molecule has 1 aliphatic heterocycles. The maximum atomic E-state index is 11.7. The van der Waals surface area contributed by atoms with Gasteiger partial charge in [0.2, 0.25) is 0 Å². The van der Waals surface area contributed by atoms with Crippen molar-refractivity contribution < 1.29 is 14.3 Å². The number of amides is 2. The minimum Gasteiger partial charge on any atom is -0.443 e. The van der Waals surface area contributed by atoms with E-state index in [-0.39, 0.29) is 11.9 Å². The van der Waals surface area contributed by atoms with Crippen LogP contribution in [0.1, 0.15) is 34.1 Å². The van der Waals surface area contributed by atoms with Crippen LogP contribution >= 0.6 is 0 Å². The van der Waals surface area contributed by atoms with Crippen LogP contribution in [0.5, 0.6) is 0 Å². The number of nitrogens with zero attached hydrogens (tertiary/aromatic N) is 1. The van der Waals surface area contributed by atoms with Crippen molar-refractivity contribution in [3.63, 3.8) is 0 Å². The SMILES string of the molecule is CC[C@@H]1C=CC(=O)N1C(=O)OC(C)(C)C. The van der Waals surface area contributed by atoms with Gasteiger partial charge >= 0.3 is 6.09 Å². The smallest absolute Gasteiger partial charge is 0.417 e. The molecule has 4 nitrogen and oxygen atoms in total. The second-order valence-electron chi connectivity index (χ2n) is 4.52. The molecule has 0 unspecified atom stereocenters. The highest BCUT2D eigenvalue weighted by Crippen LogP contribution is 2.18. The molecule has 0 radical (unpaired) electrons. The van der Waals surface area contributed by atoms with Gasteiger partial charge in [0.05, 0.1) is 6.04 Å². The third-order valence-electron chi connectivity index (χ3n) is 2.04. The Morgan fingerprint density at radius 2 is 2.13 bits per heavy atom. The number of carbonyl (C=O) groups excluding carboxylic acids is 2. The van der Waals surface area contributed by atoms with E-state index in [0.717, 1.165) is 4.90 Å². The molecule has 0 fully saturated rings. The van der Waals surface area contributed by atoms with Gasteiger partial charge in [0.15, 0.2) is 0 Å². The van der Waals surface area contributed by atoms with Gasteiger partial charge in [0, 0.05) is 6.08 Å². The lowest BCUT2D eigenvalue weighted by Crippen LogP contribution is -2.42. The van der Waals surface area contributed by atoms with E-state index in [2.05, 4.69) is 0 Å². The molecule has 0 spiro atoms. The summed E-state index contributed by atoms with van der Waals surface area (Å²) in [6.45, 7) is 7.25. The summed E-state index contributed by atoms with van der Waals surface area (Å²) in [5, 5.41) is 0. The van der Waals surface area contributed by atoms with Gasteiger partial charge in [-0.15, -0.1) is 0 Å². The van der Waals surface area contributed by atoms with Crippen molar-refractivity contribution in [2.75, 3.05) is 0 Å². The predicted molar refractivity (Wildman–Crippen MR) is 56.3 cm³/mol. The molecular weight excluding hydrogens is 194 g/mol. The fourth-order valence-electron chi connectivity index (χ4n) is 1.38. The van der Waals surface area contributed by atoms with E-state index in [1.807, 2.05) is 6.92 Å². The van der Waals surface area contributed by atoms with Gasteiger partial charge in [-0.2, -0.15) is 0 Å². The quantitative estimate of drug-likeness (QED) is 0.667. The Bertz CT molecular complexity index is 301. The van der Waals surface area contributed by atoms with Gasteiger partial charge in [-0.05, 0) is 27.2 Å². The lowest BCUT2D eigenvalue weighted by Gasteiger charge is -2.26. The molecule has 0 bridgehead atoms. The first-order valence-corrected chi connectivity index (χ1v) is 5.09. The van der Waals surface area contributed by atoms with Crippen molar-refractivity contribution in [3.05, 3.63) is 12.2 Å². The zero-order valence-electron chi connectivity index (χ0n) is 9.61. The van der Waals surface area contributed by atoms with E-state index in [0.29, 0.717) is 6.42 Å². The molecular formula is C11H17NO3. The lowest BCUT2D eigenvalue weighted by molar-refractivity contribution is -0.125. The Morgan fingerprint density at radius 3 is 2.60 bits per heavy atom. The minimum absolute atomic E-state index is 0.160. The van der Waals surface area contributed by atoms with Crippen molar-refractivity contribution in [1.29, 1.82) is 0 Å². The maximum Gasteiger partial charge on any atom is 0.417 e. The van der Waals surface area contributed by atoms with E-state index in [9.17, 15) is 9.59 Å². The number of hydrogen-bond acceptors (Lipinski definition) is 3. The fraction of sp³-hybridized carbons (Fsp3) is 0.636. The zero-order valence-corrected chi connectivity index (χ0v) is 9.61. The summed E-state index contributed by atoms with van der Waals surface area (Å²) in [6.07, 6.45) is 3.29. The molecule has 4 heteroatoms. The molecule has 1 rings (SSSR count). The summed E-state index contributed by atoms with van der Waals surface area (Å²) in [4.78, 5) is 24.3. The third kappa shape index (κ3) is 2.81. The van der Waals surface area contributed by atoms with E-state index < -0.39 is 11.7 Å². The highest BCUT2D eigenvalue weighted by atomic mass is 16.6. The summed E-state index contributed by atoms with van der Waals surface area (Å²) in [7, 11) is 0. The Balaban J connectivity index is 2.71. The van der Waals surface area contributed by atoms with Crippen LogP contribution in [0.25, 0.3) is 0 Å². The molecule has 0 aliphatic carbocycles. The second kappa shape index (κ2) is 4.04. The van der Waals surface area contributed by atoms with Crippen molar-refractivity contribution in [1.82, 2.24) is 4.90 Å². The van der Waals surface area contributed by atoms with E-state index in [4.69, 9.17) is 4.74 Å². The standard InChI is InChI=1S/C11H17NO3/c1-5-8-6-7-9(13)12(8)10(14)15-11(2,3)4/h6-8H,5H2,1-4H3/t8-/m1/s1. The van der Waals surface area contributed by atoms with Gasteiger partial charge in [-0.1, -0.05) is 13.0 Å². The molecule has 1 aliphatic rings. The number of ether oxygens (including phenoxy) is 1. The highest BCUT2D eigenvalue weighted by Gasteiger charge is 2.33. The Kier molecular flexibility index (Phi) is 3.17. The molecule has 1 heterocycles. The molecule has 0 saturated heterocycles. The van der Waals surface area contributed by atoms with Gasteiger partial charge in [-0.25, -0.2) is 9.69 Å². The van der Waals surface area contributed by atoms with Crippen LogP contribution in [0.15, 0.2) is 12.2 Å². The van der Waals surface area contributed by atoms with Crippen LogP contribution in [0.3, 0.4) is 0 Å². The summed E-state index contributed by atoms with van der Waals surface area (Å²) in [6, 6.07) is -0.160. The van der Waals surface area contributed by atoms with Crippen molar-refractivity contribution in [3.8, 4) is 0 Å². The minimum atomic E-state index is -0.571. The van der Waals surface area contributed by atoms with Crippen LogP contribution < -0.4 is 0 Å². The molecule has 0 aromatic heterocycles. The predicted octanol–water partition coefficient (Wildman–Crippen LogP) is 2.10. The number of carbonyl (C=O) groups is 2. The molecule has 84 valence electrons. The highest BCUT2D eigenvalue weighted by molar-refractivity contribution is 6.01. The van der Waals surface area contributed by atoms with Crippen LogP contribution in [-0.4, -0.2) is 28.5 Å². The summed E-state index contributed by atoms with van der Waals surface area (Å²) in [5.41, 5.74) is -0.571. The van der Waals surface area contributed by atoms with Crippen LogP contribution in [0, 0.1) is 0 Å². The molecule has 0 aromatic rings.